The lowest BCUT2D eigenvalue weighted by molar-refractivity contribution is -0.274. The number of nitrogens with one attached hydrogen (secondary N) is 2. The molecule has 0 aromatic heterocycles. The number of para-hydroxylation sites is 2. The van der Waals surface area contributed by atoms with Crippen molar-refractivity contribution >= 4 is 15.9 Å². The van der Waals surface area contributed by atoms with Gasteiger partial charge in [0.2, 0.25) is 0 Å². The fourth-order valence-corrected chi connectivity index (χ4v) is 3.09. The van der Waals surface area contributed by atoms with Crippen LogP contribution in [0.15, 0.2) is 24.3 Å². The molecule has 1 aliphatic heterocycles. The van der Waals surface area contributed by atoms with Gasteiger partial charge in [-0.15, -0.1) is 13.2 Å². The molecular weight excluding hydrogens is 311 g/mol. The van der Waals surface area contributed by atoms with Gasteiger partial charge in [-0.1, -0.05) is 12.1 Å². The number of hydrogen-bond donors (Lipinski definition) is 2. The van der Waals surface area contributed by atoms with Crippen molar-refractivity contribution in [3.8, 4) is 5.75 Å². The molecular formula is C11H14F3N3O3S. The number of nitrogens with zero attached hydrogens (tertiary/aromatic N) is 1. The lowest BCUT2D eigenvalue weighted by atomic mass is 10.3. The Balaban J connectivity index is 2.18. The van der Waals surface area contributed by atoms with Crippen LogP contribution < -0.4 is 14.8 Å². The summed E-state index contributed by atoms with van der Waals surface area (Å²) in [6.07, 6.45) is -4.89. The largest absolute Gasteiger partial charge is 0.573 e. The van der Waals surface area contributed by atoms with Gasteiger partial charge in [-0.3, -0.25) is 4.72 Å². The molecule has 1 saturated heterocycles. The van der Waals surface area contributed by atoms with Crippen molar-refractivity contribution in [3.05, 3.63) is 24.3 Å². The van der Waals surface area contributed by atoms with E-state index < -0.39 is 22.3 Å². The number of halogens is 3. The Labute approximate surface area is 120 Å². The molecule has 1 aromatic carbocycles. The highest BCUT2D eigenvalue weighted by Gasteiger charge is 2.33. The normalized spacial score (nSPS) is 17.5. The molecule has 1 fully saturated rings. The van der Waals surface area contributed by atoms with E-state index in [0.29, 0.717) is 13.1 Å². The van der Waals surface area contributed by atoms with E-state index in [4.69, 9.17) is 0 Å². The van der Waals surface area contributed by atoms with Crippen molar-refractivity contribution in [1.29, 1.82) is 0 Å². The van der Waals surface area contributed by atoms with Crippen LogP contribution in [0.1, 0.15) is 0 Å². The fourth-order valence-electron chi connectivity index (χ4n) is 1.85. The molecule has 0 aliphatic carbocycles. The van der Waals surface area contributed by atoms with Gasteiger partial charge in [-0.2, -0.15) is 12.7 Å². The average molecular weight is 325 g/mol. The smallest absolute Gasteiger partial charge is 0.404 e. The molecule has 2 N–H and O–H groups in total. The van der Waals surface area contributed by atoms with Gasteiger partial charge in [-0.25, -0.2) is 0 Å². The van der Waals surface area contributed by atoms with Crippen molar-refractivity contribution in [3.63, 3.8) is 0 Å². The lowest BCUT2D eigenvalue weighted by Gasteiger charge is -2.27. The summed E-state index contributed by atoms with van der Waals surface area (Å²) in [6, 6.07) is 4.99. The zero-order valence-electron chi connectivity index (χ0n) is 10.9. The molecule has 0 unspecified atom stereocenters. The predicted molar refractivity (Wildman–Crippen MR) is 70.1 cm³/mol. The number of ether oxygens (including phenoxy) is 1. The van der Waals surface area contributed by atoms with Crippen molar-refractivity contribution < 1.29 is 26.3 Å². The lowest BCUT2D eigenvalue weighted by Crippen LogP contribution is -2.48. The van der Waals surface area contributed by atoms with E-state index in [1.165, 1.54) is 18.2 Å². The molecule has 10 heteroatoms. The third-order valence-corrected chi connectivity index (χ3v) is 4.29. The molecule has 2 rings (SSSR count). The van der Waals surface area contributed by atoms with Crippen LogP contribution in [-0.2, 0) is 10.2 Å². The van der Waals surface area contributed by atoms with Crippen LogP contribution in [0.2, 0.25) is 0 Å². The van der Waals surface area contributed by atoms with Crippen LogP contribution in [0.25, 0.3) is 0 Å². The highest BCUT2D eigenvalue weighted by atomic mass is 32.2. The summed E-state index contributed by atoms with van der Waals surface area (Å²) in [7, 11) is -3.92. The molecule has 0 spiro atoms. The molecule has 0 radical (unpaired) electrons. The second kappa shape index (κ2) is 6.08. The molecule has 0 saturated carbocycles. The van der Waals surface area contributed by atoms with Crippen LogP contribution in [0, 0.1) is 0 Å². The van der Waals surface area contributed by atoms with Crippen molar-refractivity contribution in [2.75, 3.05) is 30.9 Å². The molecule has 6 nitrogen and oxygen atoms in total. The van der Waals surface area contributed by atoms with E-state index in [2.05, 4.69) is 14.8 Å². The average Bonchev–Trinajstić information content (AvgIpc) is 2.40. The fraction of sp³-hybridized carbons (Fsp3) is 0.455. The summed E-state index contributed by atoms with van der Waals surface area (Å²) >= 11 is 0. The maximum Gasteiger partial charge on any atom is 0.573 e. The molecule has 0 bridgehead atoms. The van der Waals surface area contributed by atoms with Crippen molar-refractivity contribution in [1.82, 2.24) is 9.62 Å². The summed E-state index contributed by atoms with van der Waals surface area (Å²) in [5.74, 6) is -0.594. The van der Waals surface area contributed by atoms with Gasteiger partial charge in [-0.05, 0) is 12.1 Å². The summed E-state index contributed by atoms with van der Waals surface area (Å²) in [4.78, 5) is 0. The van der Waals surface area contributed by atoms with E-state index in [9.17, 15) is 21.6 Å². The zero-order chi connectivity index (χ0) is 15.5. The minimum Gasteiger partial charge on any atom is -0.404 e. The number of hydrogen-bond acceptors (Lipinski definition) is 4. The van der Waals surface area contributed by atoms with E-state index >= 15 is 0 Å². The maximum absolute atomic E-state index is 12.3. The van der Waals surface area contributed by atoms with Gasteiger partial charge < -0.3 is 10.1 Å². The van der Waals surface area contributed by atoms with Crippen molar-refractivity contribution in [2.45, 2.75) is 6.36 Å². The Bertz CT molecular complexity index is 586. The first-order chi connectivity index (χ1) is 9.78. The Morgan fingerprint density at radius 2 is 1.81 bits per heavy atom. The number of piperazine rings is 1. The zero-order valence-corrected chi connectivity index (χ0v) is 11.7. The molecule has 0 atom stereocenters. The van der Waals surface area contributed by atoms with E-state index in [0.717, 1.165) is 10.4 Å². The summed E-state index contributed by atoms with van der Waals surface area (Å²) in [5, 5.41) is 2.99. The Morgan fingerprint density at radius 3 is 2.43 bits per heavy atom. The Morgan fingerprint density at radius 1 is 1.19 bits per heavy atom. The van der Waals surface area contributed by atoms with Crippen LogP contribution in [0.3, 0.4) is 0 Å². The third-order valence-electron chi connectivity index (χ3n) is 2.77. The number of benzene rings is 1. The van der Waals surface area contributed by atoms with Gasteiger partial charge in [0, 0.05) is 26.2 Å². The first-order valence-electron chi connectivity index (χ1n) is 6.11. The van der Waals surface area contributed by atoms with E-state index in [-0.39, 0.29) is 18.8 Å². The second-order valence-electron chi connectivity index (χ2n) is 4.30. The van der Waals surface area contributed by atoms with Gasteiger partial charge in [0.1, 0.15) is 0 Å². The molecule has 1 aliphatic rings. The summed E-state index contributed by atoms with van der Waals surface area (Å²) in [5.41, 5.74) is -0.256. The summed E-state index contributed by atoms with van der Waals surface area (Å²) < 4.78 is 68.2. The van der Waals surface area contributed by atoms with Crippen LogP contribution >= 0.6 is 0 Å². The quantitative estimate of drug-likeness (QED) is 0.871. The predicted octanol–water partition coefficient (Wildman–Crippen LogP) is 1.15. The van der Waals surface area contributed by atoms with E-state index in [1.54, 1.807) is 0 Å². The third kappa shape index (κ3) is 4.48. The minimum absolute atomic E-state index is 0.248. The standard InChI is InChI=1S/C11H14F3N3O3S/c12-11(13,14)20-10-4-2-1-3-9(10)16-21(18,19)17-7-5-15-6-8-17/h1-4,15-16H,5-8H2. The molecule has 118 valence electrons. The van der Waals surface area contributed by atoms with Gasteiger partial charge in [0.05, 0.1) is 5.69 Å². The number of alkyl halides is 3. The van der Waals surface area contributed by atoms with Gasteiger partial charge in [0.25, 0.3) is 0 Å². The topological polar surface area (TPSA) is 70.7 Å². The Kier molecular flexibility index (Phi) is 4.59. The minimum atomic E-state index is -4.89. The van der Waals surface area contributed by atoms with Gasteiger partial charge >= 0.3 is 16.6 Å². The molecule has 0 amide bonds. The highest BCUT2D eigenvalue weighted by Crippen LogP contribution is 2.30. The van der Waals surface area contributed by atoms with Crippen LogP contribution in [-0.4, -0.2) is 45.3 Å². The number of rotatable bonds is 4. The first kappa shape index (κ1) is 15.9. The van der Waals surface area contributed by atoms with Gasteiger partial charge in [0.15, 0.2) is 5.75 Å². The number of anilines is 1. The maximum atomic E-state index is 12.3. The van der Waals surface area contributed by atoms with E-state index in [1.807, 2.05) is 0 Å². The van der Waals surface area contributed by atoms with Crippen molar-refractivity contribution in [2.24, 2.45) is 0 Å². The first-order valence-corrected chi connectivity index (χ1v) is 7.55. The highest BCUT2D eigenvalue weighted by molar-refractivity contribution is 7.90. The Hall–Kier alpha value is -1.52. The SMILES string of the molecule is O=S(=O)(Nc1ccccc1OC(F)(F)F)N1CCNCC1. The molecule has 1 heterocycles. The molecule has 21 heavy (non-hydrogen) atoms. The second-order valence-corrected chi connectivity index (χ2v) is 5.97. The molecule has 1 aromatic rings. The summed E-state index contributed by atoms with van der Waals surface area (Å²) in [6.45, 7) is 1.47. The van der Waals surface area contributed by atoms with Crippen LogP contribution in [0.4, 0.5) is 18.9 Å². The monoisotopic (exact) mass is 325 g/mol. The van der Waals surface area contributed by atoms with Crippen LogP contribution in [0.5, 0.6) is 5.75 Å².